The van der Waals surface area contributed by atoms with E-state index in [0.717, 1.165) is 12.1 Å². The van der Waals surface area contributed by atoms with Gasteiger partial charge in [-0.3, -0.25) is 20.1 Å². The molecule has 0 aliphatic rings. The Morgan fingerprint density at radius 2 is 2.11 bits per heavy atom. The molecule has 0 radical (unpaired) electrons. The molecule has 5 heteroatoms. The van der Waals surface area contributed by atoms with Crippen LogP contribution in [0.15, 0.2) is 18.6 Å². The quantitative estimate of drug-likeness (QED) is 0.780. The van der Waals surface area contributed by atoms with Crippen LogP contribution in [0.1, 0.15) is 38.9 Å². The molecule has 2 unspecified atom stereocenters. The monoisotopic (exact) mass is 251 g/mol. The number of rotatable bonds is 6. The number of esters is 1. The summed E-state index contributed by atoms with van der Waals surface area (Å²) in [7, 11) is 1.41. The van der Waals surface area contributed by atoms with Crippen molar-refractivity contribution in [1.29, 1.82) is 0 Å². The molecule has 0 aromatic carbocycles. The Morgan fingerprint density at radius 1 is 1.39 bits per heavy atom. The minimum atomic E-state index is -0.313. The second-order valence-corrected chi connectivity index (χ2v) is 4.72. The van der Waals surface area contributed by atoms with Crippen LogP contribution in [0.5, 0.6) is 0 Å². The van der Waals surface area contributed by atoms with E-state index in [1.165, 1.54) is 7.11 Å². The first-order chi connectivity index (χ1) is 8.54. The third kappa shape index (κ3) is 4.41. The number of methoxy groups -OCH3 is 1. The maximum atomic E-state index is 11.7. The van der Waals surface area contributed by atoms with E-state index in [1.807, 2.05) is 6.92 Å². The summed E-state index contributed by atoms with van der Waals surface area (Å²) in [6.07, 6.45) is 5.70. The minimum Gasteiger partial charge on any atom is -0.468 e. The van der Waals surface area contributed by atoms with Crippen LogP contribution in [0, 0.1) is 5.92 Å². The SMILES string of the molecule is COC(=O)C(CC(C)C)NC(C)c1cnccn1. The Bertz CT molecular complexity index is 368. The molecule has 1 N–H and O–H groups in total. The highest BCUT2D eigenvalue weighted by Crippen LogP contribution is 2.13. The molecule has 0 spiro atoms. The standard InChI is InChI=1S/C13H21N3O2/c1-9(2)7-11(13(17)18-4)16-10(3)12-8-14-5-6-15-12/h5-6,8-11,16H,7H2,1-4H3. The van der Waals surface area contributed by atoms with Gasteiger partial charge in [-0.2, -0.15) is 0 Å². The number of aromatic nitrogens is 2. The van der Waals surface area contributed by atoms with E-state index in [9.17, 15) is 4.79 Å². The van der Waals surface area contributed by atoms with Crippen LogP contribution in [0.2, 0.25) is 0 Å². The summed E-state index contributed by atoms with van der Waals surface area (Å²) in [5.74, 6) is 0.176. The van der Waals surface area contributed by atoms with Crippen LogP contribution < -0.4 is 5.32 Å². The summed E-state index contributed by atoms with van der Waals surface area (Å²) in [6, 6.07) is -0.353. The maximum absolute atomic E-state index is 11.7. The molecule has 1 aromatic rings. The van der Waals surface area contributed by atoms with Gasteiger partial charge >= 0.3 is 5.97 Å². The van der Waals surface area contributed by atoms with E-state index in [-0.39, 0.29) is 18.1 Å². The highest BCUT2D eigenvalue weighted by molar-refractivity contribution is 5.75. The van der Waals surface area contributed by atoms with Crippen molar-refractivity contribution in [2.75, 3.05) is 7.11 Å². The highest BCUT2D eigenvalue weighted by Gasteiger charge is 2.23. The number of ether oxygens (including phenoxy) is 1. The zero-order valence-electron chi connectivity index (χ0n) is 11.4. The summed E-state index contributed by atoms with van der Waals surface area (Å²) < 4.78 is 4.81. The molecule has 0 amide bonds. The third-order valence-electron chi connectivity index (χ3n) is 2.67. The van der Waals surface area contributed by atoms with Crippen LogP contribution in [0.3, 0.4) is 0 Å². The number of nitrogens with zero attached hydrogens (tertiary/aromatic N) is 2. The van der Waals surface area contributed by atoms with Gasteiger partial charge in [-0.25, -0.2) is 0 Å². The fourth-order valence-electron chi connectivity index (χ4n) is 1.77. The fraction of sp³-hybridized carbons (Fsp3) is 0.615. The van der Waals surface area contributed by atoms with Crippen LogP contribution in [0.4, 0.5) is 0 Å². The summed E-state index contributed by atoms with van der Waals surface area (Å²) in [6.45, 7) is 6.11. The van der Waals surface area contributed by atoms with Crippen molar-refractivity contribution in [3.63, 3.8) is 0 Å². The molecule has 18 heavy (non-hydrogen) atoms. The van der Waals surface area contributed by atoms with Crippen molar-refractivity contribution in [1.82, 2.24) is 15.3 Å². The topological polar surface area (TPSA) is 64.1 Å². The lowest BCUT2D eigenvalue weighted by molar-refractivity contribution is -0.143. The largest absolute Gasteiger partial charge is 0.468 e. The van der Waals surface area contributed by atoms with Gasteiger partial charge in [-0.05, 0) is 19.3 Å². The number of hydrogen-bond acceptors (Lipinski definition) is 5. The molecular formula is C13H21N3O2. The number of carbonyl (C=O) groups is 1. The van der Waals surface area contributed by atoms with E-state index in [2.05, 4.69) is 29.1 Å². The van der Waals surface area contributed by atoms with Gasteiger partial charge in [0.25, 0.3) is 0 Å². The first-order valence-electron chi connectivity index (χ1n) is 6.14. The summed E-state index contributed by atoms with van der Waals surface area (Å²) in [4.78, 5) is 19.9. The fourth-order valence-corrected chi connectivity index (χ4v) is 1.77. The molecule has 0 bridgehead atoms. The minimum absolute atomic E-state index is 0.0402. The molecule has 0 fully saturated rings. The molecule has 1 heterocycles. The van der Waals surface area contributed by atoms with Crippen molar-refractivity contribution >= 4 is 5.97 Å². The van der Waals surface area contributed by atoms with E-state index in [1.54, 1.807) is 18.6 Å². The van der Waals surface area contributed by atoms with Crippen molar-refractivity contribution in [2.45, 2.75) is 39.3 Å². The maximum Gasteiger partial charge on any atom is 0.322 e. The molecule has 1 aromatic heterocycles. The third-order valence-corrected chi connectivity index (χ3v) is 2.67. The Kier molecular flexibility index (Phi) is 5.71. The van der Waals surface area contributed by atoms with Crippen molar-refractivity contribution in [3.8, 4) is 0 Å². The molecule has 2 atom stereocenters. The number of hydrogen-bond donors (Lipinski definition) is 1. The van der Waals surface area contributed by atoms with Crippen LogP contribution in [0.25, 0.3) is 0 Å². The predicted octanol–water partition coefficient (Wildman–Crippen LogP) is 1.71. The predicted molar refractivity (Wildman–Crippen MR) is 68.8 cm³/mol. The van der Waals surface area contributed by atoms with E-state index < -0.39 is 0 Å². The second-order valence-electron chi connectivity index (χ2n) is 4.72. The van der Waals surface area contributed by atoms with E-state index in [4.69, 9.17) is 4.74 Å². The first-order valence-corrected chi connectivity index (χ1v) is 6.14. The van der Waals surface area contributed by atoms with E-state index >= 15 is 0 Å². The number of carbonyl (C=O) groups excluding carboxylic acids is 1. The van der Waals surface area contributed by atoms with Crippen LogP contribution >= 0.6 is 0 Å². The van der Waals surface area contributed by atoms with Crippen molar-refractivity contribution in [3.05, 3.63) is 24.3 Å². The first kappa shape index (κ1) is 14.6. The Balaban J connectivity index is 2.68. The summed E-state index contributed by atoms with van der Waals surface area (Å²) in [5.41, 5.74) is 0.815. The molecule has 0 aliphatic heterocycles. The van der Waals surface area contributed by atoms with Gasteiger partial charge in [0.15, 0.2) is 0 Å². The molecule has 5 nitrogen and oxygen atoms in total. The van der Waals surface area contributed by atoms with Crippen molar-refractivity contribution in [2.24, 2.45) is 5.92 Å². The zero-order chi connectivity index (χ0) is 13.5. The summed E-state index contributed by atoms with van der Waals surface area (Å²) >= 11 is 0. The molecule has 1 rings (SSSR count). The van der Waals surface area contributed by atoms with E-state index in [0.29, 0.717) is 5.92 Å². The lowest BCUT2D eigenvalue weighted by atomic mass is 10.0. The molecule has 0 saturated carbocycles. The zero-order valence-corrected chi connectivity index (χ0v) is 11.4. The van der Waals surface area contributed by atoms with Gasteiger partial charge in [-0.15, -0.1) is 0 Å². The average molecular weight is 251 g/mol. The van der Waals surface area contributed by atoms with Gasteiger partial charge in [-0.1, -0.05) is 13.8 Å². The van der Waals surface area contributed by atoms with Crippen LogP contribution in [-0.2, 0) is 9.53 Å². The molecule has 0 saturated heterocycles. The average Bonchev–Trinajstić information content (AvgIpc) is 2.37. The van der Waals surface area contributed by atoms with Gasteiger partial charge in [0.2, 0.25) is 0 Å². The lowest BCUT2D eigenvalue weighted by Crippen LogP contribution is -2.40. The smallest absolute Gasteiger partial charge is 0.322 e. The molecule has 0 aliphatic carbocycles. The second kappa shape index (κ2) is 7.06. The van der Waals surface area contributed by atoms with Gasteiger partial charge in [0.05, 0.1) is 12.8 Å². The molecule has 100 valence electrons. The normalized spacial score (nSPS) is 14.3. The van der Waals surface area contributed by atoms with Crippen molar-refractivity contribution < 1.29 is 9.53 Å². The Labute approximate surface area is 108 Å². The lowest BCUT2D eigenvalue weighted by Gasteiger charge is -2.22. The Hall–Kier alpha value is -1.49. The number of nitrogens with one attached hydrogen (secondary N) is 1. The Morgan fingerprint density at radius 3 is 2.61 bits per heavy atom. The molecular weight excluding hydrogens is 230 g/mol. The van der Waals surface area contributed by atoms with Gasteiger partial charge < -0.3 is 4.74 Å². The van der Waals surface area contributed by atoms with Gasteiger partial charge in [0, 0.05) is 24.6 Å². The summed E-state index contributed by atoms with van der Waals surface area (Å²) in [5, 5.41) is 3.24. The van der Waals surface area contributed by atoms with Gasteiger partial charge in [0.1, 0.15) is 6.04 Å². The highest BCUT2D eigenvalue weighted by atomic mass is 16.5. The van der Waals surface area contributed by atoms with Crippen LogP contribution in [-0.4, -0.2) is 29.1 Å².